The molecule has 32 heavy (non-hydrogen) atoms. The molecule has 2 aromatic heterocycles. The van der Waals surface area contributed by atoms with Gasteiger partial charge in [-0.15, -0.1) is 0 Å². The number of halogens is 5. The lowest BCUT2D eigenvalue weighted by molar-refractivity contribution is -0.137. The van der Waals surface area contributed by atoms with Crippen molar-refractivity contribution in [2.24, 2.45) is 11.8 Å². The molecule has 0 radical (unpaired) electrons. The van der Waals surface area contributed by atoms with Crippen LogP contribution in [0.3, 0.4) is 0 Å². The Labute approximate surface area is 181 Å². The molecule has 6 nitrogen and oxygen atoms in total. The van der Waals surface area contributed by atoms with Crippen molar-refractivity contribution in [1.29, 1.82) is 0 Å². The predicted molar refractivity (Wildman–Crippen MR) is 106 cm³/mol. The second-order valence-corrected chi connectivity index (χ2v) is 8.81. The fourth-order valence-corrected chi connectivity index (χ4v) is 5.45. The van der Waals surface area contributed by atoms with E-state index in [-0.39, 0.29) is 17.2 Å². The van der Waals surface area contributed by atoms with E-state index in [9.17, 15) is 22.0 Å². The van der Waals surface area contributed by atoms with E-state index in [0.29, 0.717) is 23.6 Å². The third-order valence-electron chi connectivity index (χ3n) is 6.97. The van der Waals surface area contributed by atoms with Crippen molar-refractivity contribution in [3.05, 3.63) is 29.6 Å². The van der Waals surface area contributed by atoms with Gasteiger partial charge in [0.05, 0.1) is 24.5 Å². The van der Waals surface area contributed by atoms with Gasteiger partial charge in [-0.2, -0.15) is 18.3 Å². The minimum absolute atomic E-state index is 0.108. The number of morpholine rings is 1. The van der Waals surface area contributed by atoms with Crippen LogP contribution in [-0.4, -0.2) is 58.4 Å². The Kier molecular flexibility index (Phi) is 5.36. The molecule has 0 aromatic carbocycles. The van der Waals surface area contributed by atoms with Gasteiger partial charge in [-0.05, 0) is 36.8 Å². The number of nitrogen functional groups attached to an aromatic ring is 1. The van der Waals surface area contributed by atoms with Crippen molar-refractivity contribution in [2.75, 3.05) is 32.0 Å². The van der Waals surface area contributed by atoms with Crippen LogP contribution >= 0.6 is 0 Å². The fourth-order valence-electron chi connectivity index (χ4n) is 5.45. The van der Waals surface area contributed by atoms with E-state index in [4.69, 9.17) is 10.5 Å². The fraction of sp³-hybridized carbons (Fsp3) is 0.619. The highest BCUT2D eigenvalue weighted by Crippen LogP contribution is 2.64. The molecule has 174 valence electrons. The van der Waals surface area contributed by atoms with Gasteiger partial charge in [0.2, 0.25) is 0 Å². The third-order valence-corrected chi connectivity index (χ3v) is 6.97. The molecule has 2 N–H and O–H groups in total. The smallest absolute Gasteiger partial charge is 0.383 e. The van der Waals surface area contributed by atoms with Crippen LogP contribution in [0.2, 0.25) is 0 Å². The van der Waals surface area contributed by atoms with E-state index in [1.807, 2.05) is 0 Å². The summed E-state index contributed by atoms with van der Waals surface area (Å²) in [5, 5.41) is 4.23. The van der Waals surface area contributed by atoms with E-state index in [1.54, 1.807) is 6.07 Å². The first-order valence-electron chi connectivity index (χ1n) is 10.7. The van der Waals surface area contributed by atoms with Crippen LogP contribution in [0, 0.1) is 11.8 Å². The number of hydrogen-bond donors (Lipinski definition) is 1. The monoisotopic (exact) mass is 457 g/mol. The van der Waals surface area contributed by atoms with Crippen LogP contribution < -0.4 is 5.73 Å². The molecule has 11 heteroatoms. The summed E-state index contributed by atoms with van der Waals surface area (Å²) in [6, 6.07) is 3.00. The summed E-state index contributed by atoms with van der Waals surface area (Å²) in [6.07, 6.45) is -4.09. The lowest BCUT2D eigenvalue weighted by Crippen LogP contribution is -2.43. The number of ether oxygens (including phenoxy) is 1. The van der Waals surface area contributed by atoms with Gasteiger partial charge in [0.1, 0.15) is 12.4 Å². The van der Waals surface area contributed by atoms with Crippen molar-refractivity contribution >= 4 is 5.82 Å². The molecular formula is C21H24F5N5O. The summed E-state index contributed by atoms with van der Waals surface area (Å²) in [6.45, 7) is 2.69. The first-order valence-corrected chi connectivity index (χ1v) is 10.7. The quantitative estimate of drug-likeness (QED) is 0.695. The number of anilines is 1. The first kappa shape index (κ1) is 21.6. The average Bonchev–Trinajstić information content (AvgIpc) is 3.07. The molecular weight excluding hydrogens is 433 g/mol. The zero-order valence-electron chi connectivity index (χ0n) is 17.2. The van der Waals surface area contributed by atoms with Gasteiger partial charge >= 0.3 is 6.18 Å². The second kappa shape index (κ2) is 7.95. The largest absolute Gasteiger partial charge is 0.419 e. The summed E-state index contributed by atoms with van der Waals surface area (Å²) in [5.74, 6) is 0.258. The molecule has 0 bridgehead atoms. The van der Waals surface area contributed by atoms with E-state index >= 15 is 0 Å². The second-order valence-electron chi connectivity index (χ2n) is 8.81. The molecule has 2 aromatic rings. The Morgan fingerprint density at radius 1 is 1.12 bits per heavy atom. The number of nitrogens with zero attached hydrogens (tertiary/aromatic N) is 4. The molecule has 3 aliphatic rings. The van der Waals surface area contributed by atoms with Gasteiger partial charge < -0.3 is 10.5 Å². The number of alkyl halides is 5. The Balaban J connectivity index is 1.39. The van der Waals surface area contributed by atoms with Crippen molar-refractivity contribution in [3.8, 4) is 11.3 Å². The van der Waals surface area contributed by atoms with Crippen LogP contribution in [0.4, 0.5) is 27.8 Å². The number of nitrogens with two attached hydrogens (primary N) is 1. The number of hydrogen-bond acceptors (Lipinski definition) is 5. The van der Waals surface area contributed by atoms with Crippen LogP contribution in [-0.2, 0) is 17.5 Å². The Bertz CT molecular complexity index is 975. The van der Waals surface area contributed by atoms with Crippen LogP contribution in [0.5, 0.6) is 0 Å². The highest BCUT2D eigenvalue weighted by atomic mass is 19.4. The predicted octanol–water partition coefficient (Wildman–Crippen LogP) is 3.64. The lowest BCUT2D eigenvalue weighted by atomic mass is 10.0. The van der Waals surface area contributed by atoms with Crippen molar-refractivity contribution in [2.45, 2.75) is 43.9 Å². The molecule has 0 unspecified atom stereocenters. The zero-order chi connectivity index (χ0) is 22.6. The molecule has 2 aliphatic carbocycles. The van der Waals surface area contributed by atoms with Gasteiger partial charge in [-0.1, -0.05) is 0 Å². The van der Waals surface area contributed by atoms with Gasteiger partial charge in [0, 0.05) is 42.5 Å². The van der Waals surface area contributed by atoms with Crippen LogP contribution in [0.25, 0.3) is 11.3 Å². The zero-order valence-corrected chi connectivity index (χ0v) is 17.2. The number of pyridine rings is 1. The molecule has 2 saturated carbocycles. The SMILES string of the molecule is Nc1ncc(-c2cc([C@H]3[C@@H]4C[C@@H](N5CCOCC5)C[C@@H]43)n(CC(F)F)n2)cc1C(F)(F)F. The maximum Gasteiger partial charge on any atom is 0.419 e. The molecule has 1 saturated heterocycles. The minimum Gasteiger partial charge on any atom is -0.383 e. The topological polar surface area (TPSA) is 69.2 Å². The van der Waals surface area contributed by atoms with Crippen molar-refractivity contribution in [1.82, 2.24) is 19.7 Å². The van der Waals surface area contributed by atoms with Crippen LogP contribution in [0.15, 0.2) is 18.3 Å². The molecule has 5 rings (SSSR count). The average molecular weight is 457 g/mol. The maximum atomic E-state index is 13.2. The number of aromatic nitrogens is 3. The molecule has 3 heterocycles. The van der Waals surface area contributed by atoms with Crippen LogP contribution in [0.1, 0.15) is 30.0 Å². The third kappa shape index (κ3) is 3.96. The van der Waals surface area contributed by atoms with Gasteiger partial charge in [-0.25, -0.2) is 13.8 Å². The highest BCUT2D eigenvalue weighted by Gasteiger charge is 2.58. The lowest BCUT2D eigenvalue weighted by Gasteiger charge is -2.33. The Hall–Kier alpha value is -2.27. The summed E-state index contributed by atoms with van der Waals surface area (Å²) in [7, 11) is 0. The highest BCUT2D eigenvalue weighted by molar-refractivity contribution is 5.63. The van der Waals surface area contributed by atoms with E-state index in [2.05, 4.69) is 15.0 Å². The first-order chi connectivity index (χ1) is 15.2. The standard InChI is InChI=1S/C21H24F5N5O/c22-18(23)10-31-17(19-13-6-12(7-14(13)19)30-1-3-32-4-2-30)8-16(29-31)11-5-15(21(24,25)26)20(27)28-9-11/h5,8-9,12-14,18-19H,1-4,6-7,10H2,(H2,27,28)/t12-,13-,14+,19+. The Morgan fingerprint density at radius 2 is 1.81 bits per heavy atom. The number of rotatable bonds is 5. The molecule has 1 aliphatic heterocycles. The van der Waals surface area contributed by atoms with Gasteiger partial charge in [0.25, 0.3) is 6.43 Å². The van der Waals surface area contributed by atoms with Gasteiger partial charge in [0.15, 0.2) is 0 Å². The van der Waals surface area contributed by atoms with Gasteiger partial charge in [-0.3, -0.25) is 9.58 Å². The maximum absolute atomic E-state index is 13.2. The molecule has 4 atom stereocenters. The molecule has 0 amide bonds. The minimum atomic E-state index is -4.66. The summed E-state index contributed by atoms with van der Waals surface area (Å²) >= 11 is 0. The normalized spacial score (nSPS) is 28.3. The summed E-state index contributed by atoms with van der Waals surface area (Å²) in [4.78, 5) is 6.08. The molecule has 3 fully saturated rings. The molecule has 0 spiro atoms. The van der Waals surface area contributed by atoms with Crippen molar-refractivity contribution in [3.63, 3.8) is 0 Å². The number of fused-ring (bicyclic) bond motifs is 1. The van der Waals surface area contributed by atoms with E-state index in [0.717, 1.165) is 45.2 Å². The van der Waals surface area contributed by atoms with E-state index < -0.39 is 30.5 Å². The van der Waals surface area contributed by atoms with Crippen molar-refractivity contribution < 1.29 is 26.7 Å². The Morgan fingerprint density at radius 3 is 2.44 bits per heavy atom. The summed E-state index contributed by atoms with van der Waals surface area (Å²) in [5.41, 5.74) is 5.30. The summed E-state index contributed by atoms with van der Waals surface area (Å²) < 4.78 is 72.8. The van der Waals surface area contributed by atoms with E-state index in [1.165, 1.54) is 10.9 Å².